The number of imide groups is 1. The summed E-state index contributed by atoms with van der Waals surface area (Å²) in [6, 6.07) is 13.3. The smallest absolute Gasteiger partial charge is 0.261 e. The Bertz CT molecular complexity index is 956. The maximum atomic E-state index is 12.7. The van der Waals surface area contributed by atoms with Crippen LogP contribution in [0.15, 0.2) is 48.5 Å². The van der Waals surface area contributed by atoms with E-state index in [1.165, 1.54) is 23.1 Å². The minimum absolute atomic E-state index is 0.210. The Balaban J connectivity index is 1.71. The average molecular weight is 393 g/mol. The molecule has 1 aliphatic rings. The highest BCUT2D eigenvalue weighted by molar-refractivity contribution is 6.22. The van der Waals surface area contributed by atoms with Crippen molar-refractivity contribution >= 4 is 23.6 Å². The maximum Gasteiger partial charge on any atom is 0.261 e. The lowest BCUT2D eigenvalue weighted by Gasteiger charge is -2.13. The molecule has 0 spiro atoms. The molecule has 0 unspecified atom stereocenters. The molecule has 0 fully saturated rings. The first-order valence-electron chi connectivity index (χ1n) is 9.55. The van der Waals surface area contributed by atoms with Crippen LogP contribution in [0.5, 0.6) is 0 Å². The predicted octanol–water partition coefficient (Wildman–Crippen LogP) is 1.78. The Morgan fingerprint density at radius 3 is 2.38 bits per heavy atom. The first-order valence-corrected chi connectivity index (χ1v) is 9.55. The van der Waals surface area contributed by atoms with E-state index in [-0.39, 0.29) is 35.0 Å². The van der Waals surface area contributed by atoms with Gasteiger partial charge < -0.3 is 10.6 Å². The minimum atomic E-state index is -0.713. The molecule has 3 rings (SSSR count). The zero-order valence-corrected chi connectivity index (χ0v) is 16.4. The van der Waals surface area contributed by atoms with E-state index in [9.17, 15) is 19.2 Å². The summed E-state index contributed by atoms with van der Waals surface area (Å²) in [5, 5.41) is 5.23. The monoisotopic (exact) mass is 393 g/mol. The number of carbonyl (C=O) groups is 4. The van der Waals surface area contributed by atoms with Crippen molar-refractivity contribution in [2.75, 3.05) is 13.1 Å². The molecule has 2 N–H and O–H groups in total. The van der Waals surface area contributed by atoms with E-state index in [2.05, 4.69) is 10.6 Å². The zero-order chi connectivity index (χ0) is 21.0. The summed E-state index contributed by atoms with van der Waals surface area (Å²) in [6.07, 6.45) is 0.559. The molecule has 0 bridgehead atoms. The van der Waals surface area contributed by atoms with Gasteiger partial charge >= 0.3 is 0 Å². The lowest BCUT2D eigenvalue weighted by molar-refractivity contribution is -0.122. The second kappa shape index (κ2) is 8.68. The van der Waals surface area contributed by atoms with Crippen molar-refractivity contribution in [2.24, 2.45) is 0 Å². The van der Waals surface area contributed by atoms with Gasteiger partial charge in [0.25, 0.3) is 17.7 Å². The fraction of sp³-hybridized carbons (Fsp3) is 0.273. The van der Waals surface area contributed by atoms with E-state index in [0.717, 1.165) is 5.56 Å². The van der Waals surface area contributed by atoms with E-state index >= 15 is 0 Å². The van der Waals surface area contributed by atoms with Gasteiger partial charge in [0.1, 0.15) is 6.04 Å². The molecule has 0 aromatic heterocycles. The number of likely N-dealkylation sites (N-methyl/N-ethyl adjacent to an activating group) is 1. The highest BCUT2D eigenvalue weighted by atomic mass is 16.2. The van der Waals surface area contributed by atoms with Crippen LogP contribution in [-0.2, 0) is 11.2 Å². The maximum absolute atomic E-state index is 12.7. The van der Waals surface area contributed by atoms with Crippen LogP contribution in [0.25, 0.3) is 0 Å². The van der Waals surface area contributed by atoms with Crippen LogP contribution in [-0.4, -0.2) is 47.7 Å². The van der Waals surface area contributed by atoms with Crippen LogP contribution in [0, 0.1) is 0 Å². The Morgan fingerprint density at radius 2 is 1.69 bits per heavy atom. The molecule has 0 saturated carbocycles. The standard InChI is InChI=1S/C22H23N3O4/c1-3-23-19(26)14(2)24-20(27)16-9-10-17-18(13-16)22(29)25(21(17)28)12-11-15-7-5-4-6-8-15/h4-10,13-14H,3,11-12H2,1-2H3,(H,23,26)(H,24,27)/t14-/m0/s1. The van der Waals surface area contributed by atoms with Gasteiger partial charge in [-0.05, 0) is 44.0 Å². The van der Waals surface area contributed by atoms with E-state index in [4.69, 9.17) is 0 Å². The second-order valence-electron chi connectivity index (χ2n) is 6.85. The highest BCUT2D eigenvalue weighted by Gasteiger charge is 2.35. The molecule has 1 heterocycles. The van der Waals surface area contributed by atoms with Crippen molar-refractivity contribution in [2.45, 2.75) is 26.3 Å². The summed E-state index contributed by atoms with van der Waals surface area (Å²) < 4.78 is 0. The molecular formula is C22H23N3O4. The number of hydrogen-bond donors (Lipinski definition) is 2. The molecule has 1 aliphatic heterocycles. The number of carbonyl (C=O) groups excluding carboxylic acids is 4. The Morgan fingerprint density at radius 1 is 1.00 bits per heavy atom. The molecule has 4 amide bonds. The molecule has 7 nitrogen and oxygen atoms in total. The Labute approximate surface area is 169 Å². The van der Waals surface area contributed by atoms with Crippen LogP contribution in [0.3, 0.4) is 0 Å². The number of fused-ring (bicyclic) bond motifs is 1. The Hall–Kier alpha value is -3.48. The molecule has 150 valence electrons. The molecule has 2 aromatic rings. The quantitative estimate of drug-likeness (QED) is 0.701. The molecule has 1 atom stereocenters. The van der Waals surface area contributed by atoms with Gasteiger partial charge in [-0.3, -0.25) is 24.1 Å². The molecule has 0 radical (unpaired) electrons. The number of nitrogens with one attached hydrogen (secondary N) is 2. The van der Waals surface area contributed by atoms with E-state index in [1.54, 1.807) is 13.8 Å². The summed E-state index contributed by atoms with van der Waals surface area (Å²) in [7, 11) is 0. The lowest BCUT2D eigenvalue weighted by Crippen LogP contribution is -2.44. The number of nitrogens with zero attached hydrogens (tertiary/aromatic N) is 1. The van der Waals surface area contributed by atoms with Crippen molar-refractivity contribution < 1.29 is 19.2 Å². The topological polar surface area (TPSA) is 95.6 Å². The van der Waals surface area contributed by atoms with Crippen molar-refractivity contribution in [1.29, 1.82) is 0 Å². The van der Waals surface area contributed by atoms with Crippen molar-refractivity contribution in [1.82, 2.24) is 15.5 Å². The molecular weight excluding hydrogens is 370 g/mol. The van der Waals surface area contributed by atoms with Gasteiger partial charge in [0.15, 0.2) is 0 Å². The van der Waals surface area contributed by atoms with Crippen LogP contribution < -0.4 is 10.6 Å². The van der Waals surface area contributed by atoms with Gasteiger partial charge in [0, 0.05) is 18.7 Å². The second-order valence-corrected chi connectivity index (χ2v) is 6.85. The van der Waals surface area contributed by atoms with Gasteiger partial charge in [-0.2, -0.15) is 0 Å². The molecule has 0 saturated heterocycles. The fourth-order valence-corrected chi connectivity index (χ4v) is 3.19. The summed E-state index contributed by atoms with van der Waals surface area (Å²) >= 11 is 0. The van der Waals surface area contributed by atoms with E-state index in [0.29, 0.717) is 13.0 Å². The van der Waals surface area contributed by atoms with Gasteiger partial charge in [0.2, 0.25) is 5.91 Å². The molecule has 0 aliphatic carbocycles. The number of rotatable bonds is 7. The van der Waals surface area contributed by atoms with Gasteiger partial charge in [-0.25, -0.2) is 0 Å². The summed E-state index contributed by atoms with van der Waals surface area (Å²) in [4.78, 5) is 50.8. The average Bonchev–Trinajstić information content (AvgIpc) is 2.97. The van der Waals surface area contributed by atoms with Crippen LogP contribution in [0.4, 0.5) is 0 Å². The number of hydrogen-bond acceptors (Lipinski definition) is 4. The van der Waals surface area contributed by atoms with Crippen LogP contribution >= 0.6 is 0 Å². The van der Waals surface area contributed by atoms with Gasteiger partial charge in [0.05, 0.1) is 11.1 Å². The number of benzene rings is 2. The van der Waals surface area contributed by atoms with E-state index in [1.807, 2.05) is 30.3 Å². The lowest BCUT2D eigenvalue weighted by atomic mass is 10.1. The molecule has 7 heteroatoms. The molecule has 29 heavy (non-hydrogen) atoms. The van der Waals surface area contributed by atoms with Crippen molar-refractivity contribution in [3.05, 3.63) is 70.8 Å². The first-order chi connectivity index (χ1) is 13.9. The third kappa shape index (κ3) is 4.34. The highest BCUT2D eigenvalue weighted by Crippen LogP contribution is 2.24. The van der Waals surface area contributed by atoms with Crippen LogP contribution in [0.2, 0.25) is 0 Å². The van der Waals surface area contributed by atoms with Crippen LogP contribution in [0.1, 0.15) is 50.5 Å². The molecule has 2 aromatic carbocycles. The zero-order valence-electron chi connectivity index (χ0n) is 16.4. The predicted molar refractivity (Wildman–Crippen MR) is 108 cm³/mol. The van der Waals surface area contributed by atoms with Gasteiger partial charge in [-0.15, -0.1) is 0 Å². The normalized spacial score (nSPS) is 13.8. The third-order valence-electron chi connectivity index (χ3n) is 4.79. The SMILES string of the molecule is CCNC(=O)[C@H](C)NC(=O)c1ccc2c(c1)C(=O)N(CCc1ccccc1)C2=O. The Kier molecular flexibility index (Phi) is 6.07. The summed E-state index contributed by atoms with van der Waals surface area (Å²) in [6.45, 7) is 4.11. The van der Waals surface area contributed by atoms with Crippen molar-refractivity contribution in [3.63, 3.8) is 0 Å². The first kappa shape index (κ1) is 20.3. The third-order valence-corrected chi connectivity index (χ3v) is 4.79. The summed E-state index contributed by atoms with van der Waals surface area (Å²) in [5.41, 5.74) is 1.76. The van der Waals surface area contributed by atoms with Crippen molar-refractivity contribution in [3.8, 4) is 0 Å². The minimum Gasteiger partial charge on any atom is -0.355 e. The van der Waals surface area contributed by atoms with Gasteiger partial charge in [-0.1, -0.05) is 30.3 Å². The summed E-state index contributed by atoms with van der Waals surface area (Å²) in [5.74, 6) is -1.54. The largest absolute Gasteiger partial charge is 0.355 e. The fourth-order valence-electron chi connectivity index (χ4n) is 3.19. The van der Waals surface area contributed by atoms with E-state index < -0.39 is 17.9 Å². The number of amides is 4.